The number of alkyl halides is 3. The molecule has 1 amide bonds. The Bertz CT molecular complexity index is 532. The van der Waals surface area contributed by atoms with Crippen molar-refractivity contribution in [3.05, 3.63) is 23.8 Å². The number of hydrogen-bond donors (Lipinski definition) is 2. The van der Waals surface area contributed by atoms with Crippen LogP contribution in [0.3, 0.4) is 0 Å². The van der Waals surface area contributed by atoms with E-state index in [1.54, 1.807) is 19.1 Å². The number of hydrogen-bond acceptors (Lipinski definition) is 3. The van der Waals surface area contributed by atoms with Gasteiger partial charge in [-0.1, -0.05) is 12.5 Å². The second-order valence-electron chi connectivity index (χ2n) is 5.32. The van der Waals surface area contributed by atoms with E-state index in [-0.39, 0.29) is 30.1 Å². The highest BCUT2D eigenvalue weighted by Gasteiger charge is 2.29. The minimum absolute atomic E-state index is 0. The largest absolute Gasteiger partial charge is 0.484 e. The first kappa shape index (κ1) is 19.6. The molecule has 0 spiro atoms. The van der Waals surface area contributed by atoms with E-state index in [1.807, 2.05) is 0 Å². The number of nitrogens with one attached hydrogen (secondary N) is 2. The van der Waals surface area contributed by atoms with Gasteiger partial charge in [0.25, 0.3) is 0 Å². The second-order valence-corrected chi connectivity index (χ2v) is 5.32. The Balaban J connectivity index is 0.00000264. The minimum atomic E-state index is -4.39. The highest BCUT2D eigenvalue weighted by atomic mass is 35.5. The molecule has 8 heteroatoms. The van der Waals surface area contributed by atoms with E-state index in [0.717, 1.165) is 25.8 Å². The van der Waals surface area contributed by atoms with Gasteiger partial charge in [0.1, 0.15) is 5.75 Å². The first-order chi connectivity index (χ1) is 10.4. The van der Waals surface area contributed by atoms with Crippen LogP contribution in [0.5, 0.6) is 5.75 Å². The molecule has 1 fully saturated rings. The Hall–Kier alpha value is -1.47. The summed E-state index contributed by atoms with van der Waals surface area (Å²) in [5.74, 6) is -0.0532. The van der Waals surface area contributed by atoms with E-state index in [2.05, 4.69) is 10.6 Å². The Morgan fingerprint density at radius 3 is 2.74 bits per heavy atom. The van der Waals surface area contributed by atoms with Crippen LogP contribution in [0, 0.1) is 6.92 Å². The van der Waals surface area contributed by atoms with E-state index in [1.165, 1.54) is 6.07 Å². The quantitative estimate of drug-likeness (QED) is 0.872. The van der Waals surface area contributed by atoms with Crippen molar-refractivity contribution in [2.45, 2.75) is 38.4 Å². The summed E-state index contributed by atoms with van der Waals surface area (Å²) in [7, 11) is 0. The van der Waals surface area contributed by atoms with E-state index in [9.17, 15) is 18.0 Å². The zero-order valence-electron chi connectivity index (χ0n) is 12.7. The fraction of sp³-hybridized carbons (Fsp3) is 0.533. The highest BCUT2D eigenvalue weighted by molar-refractivity contribution is 5.95. The first-order valence-corrected chi connectivity index (χ1v) is 7.20. The van der Waals surface area contributed by atoms with Crippen molar-refractivity contribution in [3.8, 4) is 5.75 Å². The molecule has 1 aromatic carbocycles. The van der Waals surface area contributed by atoms with Gasteiger partial charge in [-0.05, 0) is 38.4 Å². The average Bonchev–Trinajstić information content (AvgIpc) is 2.48. The van der Waals surface area contributed by atoms with E-state index in [0.29, 0.717) is 11.3 Å². The van der Waals surface area contributed by atoms with Gasteiger partial charge >= 0.3 is 6.18 Å². The summed E-state index contributed by atoms with van der Waals surface area (Å²) in [6.45, 7) is 1.07. The molecule has 1 atom stereocenters. The molecule has 1 aromatic rings. The summed E-state index contributed by atoms with van der Waals surface area (Å²) in [5, 5.41) is 5.88. The number of halogens is 4. The summed E-state index contributed by atoms with van der Waals surface area (Å²) >= 11 is 0. The van der Waals surface area contributed by atoms with E-state index in [4.69, 9.17) is 4.74 Å². The number of carbonyl (C=O) groups excluding carboxylic acids is 1. The number of amides is 1. The van der Waals surface area contributed by atoms with E-state index >= 15 is 0 Å². The Labute approximate surface area is 139 Å². The lowest BCUT2D eigenvalue weighted by Crippen LogP contribution is -2.43. The number of carbonyl (C=O) groups is 1. The molecule has 1 heterocycles. The lowest BCUT2D eigenvalue weighted by Gasteiger charge is -2.23. The van der Waals surface area contributed by atoms with Crippen molar-refractivity contribution >= 4 is 24.0 Å². The van der Waals surface area contributed by atoms with Crippen molar-refractivity contribution < 1.29 is 22.7 Å². The normalized spacial score (nSPS) is 18.0. The molecule has 1 unspecified atom stereocenters. The number of benzene rings is 1. The molecule has 23 heavy (non-hydrogen) atoms. The summed E-state index contributed by atoms with van der Waals surface area (Å²) in [6.07, 6.45) is -1.60. The molecule has 1 aliphatic heterocycles. The lowest BCUT2D eigenvalue weighted by molar-refractivity contribution is -0.153. The molecule has 1 saturated heterocycles. The predicted molar refractivity (Wildman–Crippen MR) is 84.2 cm³/mol. The summed E-state index contributed by atoms with van der Waals surface area (Å²) in [5.41, 5.74) is 0.952. The molecule has 1 aliphatic rings. The van der Waals surface area contributed by atoms with Gasteiger partial charge in [0, 0.05) is 11.3 Å². The van der Waals surface area contributed by atoms with Crippen LogP contribution in [0.2, 0.25) is 0 Å². The van der Waals surface area contributed by atoms with Crippen LogP contribution in [0.1, 0.15) is 24.8 Å². The molecule has 130 valence electrons. The molecule has 0 aliphatic carbocycles. The zero-order valence-corrected chi connectivity index (χ0v) is 13.5. The predicted octanol–water partition coefficient (Wildman–Crippen LogP) is 3.44. The Morgan fingerprint density at radius 1 is 1.39 bits per heavy atom. The van der Waals surface area contributed by atoms with Gasteiger partial charge < -0.3 is 15.4 Å². The van der Waals surface area contributed by atoms with Crippen LogP contribution < -0.4 is 15.4 Å². The monoisotopic (exact) mass is 352 g/mol. The third-order valence-electron chi connectivity index (χ3n) is 3.56. The van der Waals surface area contributed by atoms with Crippen molar-refractivity contribution in [2.24, 2.45) is 0 Å². The van der Waals surface area contributed by atoms with Gasteiger partial charge in [-0.3, -0.25) is 4.79 Å². The molecule has 2 N–H and O–H groups in total. The molecule has 0 saturated carbocycles. The molecule has 0 bridgehead atoms. The molecule has 4 nitrogen and oxygen atoms in total. The fourth-order valence-electron chi connectivity index (χ4n) is 2.36. The first-order valence-electron chi connectivity index (χ1n) is 7.20. The maximum absolute atomic E-state index is 12.2. The average molecular weight is 353 g/mol. The number of rotatable bonds is 4. The van der Waals surface area contributed by atoms with Crippen LogP contribution in [0.4, 0.5) is 18.9 Å². The molecule has 2 rings (SSSR count). The third kappa shape index (κ3) is 5.91. The molecule has 0 radical (unpaired) electrons. The van der Waals surface area contributed by atoms with E-state index < -0.39 is 12.8 Å². The standard InChI is InChI=1S/C15H19F3N2O2.ClH/c1-10-11(20-14(21)12-5-2-3-8-19-12)6-4-7-13(10)22-9-15(16,17)18;/h4,6-7,12,19H,2-3,5,8-9H2,1H3,(H,20,21);1H. The van der Waals surface area contributed by atoms with Gasteiger partial charge in [0.2, 0.25) is 5.91 Å². The number of anilines is 1. The van der Waals surface area contributed by atoms with Crippen LogP contribution in [-0.2, 0) is 4.79 Å². The topological polar surface area (TPSA) is 50.4 Å². The maximum atomic E-state index is 12.2. The van der Waals surface area contributed by atoms with Gasteiger partial charge in [0.05, 0.1) is 6.04 Å². The molecular formula is C15H20ClF3N2O2. The van der Waals surface area contributed by atoms with Gasteiger partial charge in [-0.25, -0.2) is 0 Å². The summed E-state index contributed by atoms with van der Waals surface area (Å²) < 4.78 is 41.4. The van der Waals surface area contributed by atoms with Crippen LogP contribution in [0.15, 0.2) is 18.2 Å². The van der Waals surface area contributed by atoms with Crippen molar-refractivity contribution in [1.29, 1.82) is 0 Å². The highest BCUT2D eigenvalue weighted by Crippen LogP contribution is 2.27. The second kappa shape index (κ2) is 8.40. The van der Waals surface area contributed by atoms with Gasteiger partial charge in [0.15, 0.2) is 6.61 Å². The van der Waals surface area contributed by atoms with Crippen molar-refractivity contribution in [3.63, 3.8) is 0 Å². The van der Waals surface area contributed by atoms with Crippen LogP contribution in [-0.4, -0.2) is 31.3 Å². The molecular weight excluding hydrogens is 333 g/mol. The number of piperidine rings is 1. The Morgan fingerprint density at radius 2 is 2.13 bits per heavy atom. The van der Waals surface area contributed by atoms with Crippen molar-refractivity contribution in [1.82, 2.24) is 5.32 Å². The van der Waals surface area contributed by atoms with Crippen LogP contribution in [0.25, 0.3) is 0 Å². The smallest absolute Gasteiger partial charge is 0.422 e. The zero-order chi connectivity index (χ0) is 16.2. The third-order valence-corrected chi connectivity index (χ3v) is 3.56. The summed E-state index contributed by atoms with van der Waals surface area (Å²) in [4.78, 5) is 12.2. The van der Waals surface area contributed by atoms with Gasteiger partial charge in [-0.15, -0.1) is 12.4 Å². The summed E-state index contributed by atoms with van der Waals surface area (Å²) in [6, 6.07) is 4.40. The van der Waals surface area contributed by atoms with Crippen molar-refractivity contribution in [2.75, 3.05) is 18.5 Å². The number of ether oxygens (including phenoxy) is 1. The van der Waals surface area contributed by atoms with Crippen LogP contribution >= 0.6 is 12.4 Å². The lowest BCUT2D eigenvalue weighted by atomic mass is 10.0. The fourth-order valence-corrected chi connectivity index (χ4v) is 2.36. The minimum Gasteiger partial charge on any atom is -0.484 e. The van der Waals surface area contributed by atoms with Gasteiger partial charge in [-0.2, -0.15) is 13.2 Å². The maximum Gasteiger partial charge on any atom is 0.422 e. The molecule has 0 aromatic heterocycles. The Kier molecular flexibility index (Phi) is 7.15. The SMILES string of the molecule is Cc1c(NC(=O)C2CCCCN2)cccc1OCC(F)(F)F.Cl.